The minimum Gasteiger partial charge on any atom is -0.497 e. The molecule has 0 amide bonds. The third-order valence-corrected chi connectivity index (χ3v) is 3.12. The van der Waals surface area contributed by atoms with Crippen LogP contribution >= 0.6 is 0 Å². The van der Waals surface area contributed by atoms with E-state index < -0.39 is 0 Å². The normalized spacial score (nSPS) is 12.1. The molecule has 20 heavy (non-hydrogen) atoms. The average molecular weight is 281 g/mol. The fourth-order valence-corrected chi connectivity index (χ4v) is 1.96. The van der Waals surface area contributed by atoms with E-state index in [1.807, 2.05) is 32.0 Å². The third kappa shape index (κ3) is 4.13. The van der Waals surface area contributed by atoms with Gasteiger partial charge in [-0.25, -0.2) is 0 Å². The molecular weight excluding hydrogens is 258 g/mol. The van der Waals surface area contributed by atoms with E-state index in [9.17, 15) is 4.79 Å². The highest BCUT2D eigenvalue weighted by Crippen LogP contribution is 2.24. The van der Waals surface area contributed by atoms with Crippen LogP contribution in [0.4, 0.5) is 0 Å². The van der Waals surface area contributed by atoms with Gasteiger partial charge in [0.1, 0.15) is 17.5 Å². The van der Waals surface area contributed by atoms with Crippen molar-refractivity contribution in [2.24, 2.45) is 5.92 Å². The smallest absolute Gasteiger partial charge is 0.323 e. The van der Waals surface area contributed by atoms with Crippen LogP contribution in [0.2, 0.25) is 0 Å². The van der Waals surface area contributed by atoms with E-state index in [2.05, 4.69) is 5.32 Å². The number of methoxy groups -OCH3 is 3. The van der Waals surface area contributed by atoms with Crippen molar-refractivity contribution in [2.75, 3.05) is 21.3 Å². The Labute approximate surface area is 120 Å². The lowest BCUT2D eigenvalue weighted by atomic mass is 10.0. The monoisotopic (exact) mass is 281 g/mol. The van der Waals surface area contributed by atoms with Gasteiger partial charge in [-0.05, 0) is 24.1 Å². The molecule has 0 aromatic heterocycles. The van der Waals surface area contributed by atoms with Gasteiger partial charge in [0.15, 0.2) is 0 Å². The van der Waals surface area contributed by atoms with Crippen molar-refractivity contribution in [3.63, 3.8) is 0 Å². The van der Waals surface area contributed by atoms with Crippen LogP contribution in [0.15, 0.2) is 18.2 Å². The Morgan fingerprint density at radius 1 is 1.20 bits per heavy atom. The van der Waals surface area contributed by atoms with E-state index in [4.69, 9.17) is 14.2 Å². The van der Waals surface area contributed by atoms with Crippen LogP contribution in [0.1, 0.15) is 19.4 Å². The molecule has 0 saturated heterocycles. The molecule has 0 aliphatic heterocycles. The zero-order chi connectivity index (χ0) is 15.1. The van der Waals surface area contributed by atoms with Crippen molar-refractivity contribution in [1.82, 2.24) is 5.32 Å². The second kappa shape index (κ2) is 7.75. The Hall–Kier alpha value is -1.75. The molecule has 0 spiro atoms. The van der Waals surface area contributed by atoms with Gasteiger partial charge in [0, 0.05) is 12.1 Å². The van der Waals surface area contributed by atoms with E-state index in [0.29, 0.717) is 6.54 Å². The van der Waals surface area contributed by atoms with Gasteiger partial charge < -0.3 is 14.2 Å². The Bertz CT molecular complexity index is 445. The molecule has 112 valence electrons. The largest absolute Gasteiger partial charge is 0.497 e. The lowest BCUT2D eigenvalue weighted by Gasteiger charge is -2.20. The number of rotatable bonds is 7. The van der Waals surface area contributed by atoms with E-state index in [1.165, 1.54) is 7.11 Å². The fraction of sp³-hybridized carbons (Fsp3) is 0.533. The molecule has 0 bridgehead atoms. The Morgan fingerprint density at radius 3 is 2.40 bits per heavy atom. The lowest BCUT2D eigenvalue weighted by Crippen LogP contribution is -2.41. The number of nitrogens with one attached hydrogen (secondary N) is 1. The van der Waals surface area contributed by atoms with Gasteiger partial charge in [-0.1, -0.05) is 13.8 Å². The van der Waals surface area contributed by atoms with Crippen LogP contribution in [0.5, 0.6) is 11.5 Å². The molecule has 0 saturated carbocycles. The minimum absolute atomic E-state index is 0.138. The number of carbonyl (C=O) groups excluding carboxylic acids is 1. The second-order valence-corrected chi connectivity index (χ2v) is 4.80. The summed E-state index contributed by atoms with van der Waals surface area (Å²) in [6.07, 6.45) is 0. The van der Waals surface area contributed by atoms with Gasteiger partial charge in [-0.2, -0.15) is 0 Å². The zero-order valence-corrected chi connectivity index (χ0v) is 12.7. The Balaban J connectivity index is 2.83. The molecular formula is C15H23NO4. The summed E-state index contributed by atoms with van der Waals surface area (Å²) in [6.45, 7) is 4.44. The molecule has 0 aliphatic rings. The van der Waals surface area contributed by atoms with Gasteiger partial charge in [0.25, 0.3) is 0 Å². The van der Waals surface area contributed by atoms with Gasteiger partial charge >= 0.3 is 5.97 Å². The van der Waals surface area contributed by atoms with Crippen LogP contribution in [0.25, 0.3) is 0 Å². The lowest BCUT2D eigenvalue weighted by molar-refractivity contribution is -0.144. The molecule has 0 unspecified atom stereocenters. The van der Waals surface area contributed by atoms with Gasteiger partial charge in [0.05, 0.1) is 21.3 Å². The highest BCUT2D eigenvalue weighted by molar-refractivity contribution is 5.75. The number of benzene rings is 1. The van der Waals surface area contributed by atoms with Crippen LogP contribution in [-0.2, 0) is 16.1 Å². The predicted octanol–water partition coefficient (Wildman–Crippen LogP) is 1.99. The van der Waals surface area contributed by atoms with Crippen molar-refractivity contribution < 1.29 is 19.0 Å². The van der Waals surface area contributed by atoms with Gasteiger partial charge in [-0.3, -0.25) is 10.1 Å². The molecule has 1 atom stereocenters. The Kier molecular flexibility index (Phi) is 6.31. The summed E-state index contributed by atoms with van der Waals surface area (Å²) >= 11 is 0. The summed E-state index contributed by atoms with van der Waals surface area (Å²) in [5.74, 6) is 1.38. The number of hydrogen-bond donors (Lipinski definition) is 1. The molecule has 1 N–H and O–H groups in total. The number of esters is 1. The molecule has 5 nitrogen and oxygen atoms in total. The van der Waals surface area contributed by atoms with Crippen LogP contribution in [-0.4, -0.2) is 33.3 Å². The van der Waals surface area contributed by atoms with E-state index >= 15 is 0 Å². The van der Waals surface area contributed by atoms with Crippen LogP contribution in [0.3, 0.4) is 0 Å². The van der Waals surface area contributed by atoms with Gasteiger partial charge in [-0.15, -0.1) is 0 Å². The summed E-state index contributed by atoms with van der Waals surface area (Å²) in [6, 6.07) is 5.22. The average Bonchev–Trinajstić information content (AvgIpc) is 2.46. The molecule has 0 fully saturated rings. The first-order valence-electron chi connectivity index (χ1n) is 6.55. The first-order chi connectivity index (χ1) is 9.53. The summed E-state index contributed by atoms with van der Waals surface area (Å²) in [5.41, 5.74) is 0.932. The molecule has 0 heterocycles. The fourth-order valence-electron chi connectivity index (χ4n) is 1.96. The summed E-state index contributed by atoms with van der Waals surface area (Å²) in [4.78, 5) is 11.7. The van der Waals surface area contributed by atoms with Crippen molar-refractivity contribution in [3.05, 3.63) is 23.8 Å². The number of hydrogen-bond acceptors (Lipinski definition) is 5. The quantitative estimate of drug-likeness (QED) is 0.775. The minimum atomic E-state index is -0.351. The highest BCUT2D eigenvalue weighted by atomic mass is 16.5. The molecule has 1 aromatic carbocycles. The molecule has 5 heteroatoms. The summed E-state index contributed by atoms with van der Waals surface area (Å²) in [5, 5.41) is 3.20. The predicted molar refractivity (Wildman–Crippen MR) is 77.0 cm³/mol. The van der Waals surface area contributed by atoms with Crippen LogP contribution in [0, 0.1) is 5.92 Å². The summed E-state index contributed by atoms with van der Waals surface area (Å²) in [7, 11) is 4.63. The number of ether oxygens (including phenoxy) is 3. The maximum Gasteiger partial charge on any atom is 0.323 e. The topological polar surface area (TPSA) is 56.8 Å². The molecule has 1 rings (SSSR count). The maximum absolute atomic E-state index is 11.7. The highest BCUT2D eigenvalue weighted by Gasteiger charge is 2.22. The van der Waals surface area contributed by atoms with Crippen molar-refractivity contribution >= 4 is 5.97 Å². The third-order valence-electron chi connectivity index (χ3n) is 3.12. The zero-order valence-electron chi connectivity index (χ0n) is 12.7. The second-order valence-electron chi connectivity index (χ2n) is 4.80. The first-order valence-corrected chi connectivity index (χ1v) is 6.55. The SMILES string of the molecule is COC(=O)[C@@H](NCc1cc(OC)ccc1OC)C(C)C. The summed E-state index contributed by atoms with van der Waals surface area (Å²) < 4.78 is 15.3. The van der Waals surface area contributed by atoms with E-state index in [-0.39, 0.29) is 17.9 Å². The Morgan fingerprint density at radius 2 is 1.90 bits per heavy atom. The van der Waals surface area contributed by atoms with Crippen molar-refractivity contribution in [3.8, 4) is 11.5 Å². The van der Waals surface area contributed by atoms with E-state index in [0.717, 1.165) is 17.1 Å². The van der Waals surface area contributed by atoms with Gasteiger partial charge in [0.2, 0.25) is 0 Å². The number of carbonyl (C=O) groups is 1. The van der Waals surface area contributed by atoms with Crippen LogP contribution < -0.4 is 14.8 Å². The molecule has 0 radical (unpaired) electrons. The first kappa shape index (κ1) is 16.3. The standard InChI is InChI=1S/C15H23NO4/c1-10(2)14(15(17)20-5)16-9-11-8-12(18-3)6-7-13(11)19-4/h6-8,10,14,16H,9H2,1-5H3/t14-/m0/s1. The van der Waals surface area contributed by atoms with E-state index in [1.54, 1.807) is 14.2 Å². The maximum atomic E-state index is 11.7. The van der Waals surface area contributed by atoms with Crippen molar-refractivity contribution in [1.29, 1.82) is 0 Å². The molecule has 1 aromatic rings. The molecule has 0 aliphatic carbocycles. The van der Waals surface area contributed by atoms with Crippen molar-refractivity contribution in [2.45, 2.75) is 26.4 Å².